The van der Waals surface area contributed by atoms with Crippen molar-refractivity contribution in [3.8, 4) is 0 Å². The molecule has 6 nitrogen and oxygen atoms in total. The minimum absolute atomic E-state index is 0.0167. The number of nitrogens with zero attached hydrogens (tertiary/aromatic N) is 1. The lowest BCUT2D eigenvalue weighted by molar-refractivity contribution is -0.126. The smallest absolute Gasteiger partial charge is 0.243 e. The highest BCUT2D eigenvalue weighted by molar-refractivity contribution is 7.89. The van der Waals surface area contributed by atoms with Gasteiger partial charge in [-0.15, -0.1) is 0 Å². The predicted octanol–water partition coefficient (Wildman–Crippen LogP) is 2.93. The number of hydrogen-bond acceptors (Lipinski definition) is 4. The maximum atomic E-state index is 12.9. The van der Waals surface area contributed by atoms with Crippen LogP contribution in [0.15, 0.2) is 29.2 Å². The van der Waals surface area contributed by atoms with Crippen LogP contribution >= 0.6 is 0 Å². The first-order valence-electron chi connectivity index (χ1n) is 10.1. The van der Waals surface area contributed by atoms with E-state index in [0.717, 1.165) is 12.0 Å². The highest BCUT2D eigenvalue weighted by atomic mass is 32.2. The Kier molecular flexibility index (Phi) is 8.04. The third-order valence-corrected chi connectivity index (χ3v) is 7.06. The van der Waals surface area contributed by atoms with Crippen molar-refractivity contribution in [2.75, 3.05) is 32.8 Å². The molecule has 1 heterocycles. The fourth-order valence-electron chi connectivity index (χ4n) is 3.31. The standard InChI is InChI=1S/C21H34N2O4S/c1-5-27-16-6-13-22-20(24)17-11-14-23(15-12-17)28(25,26)19-9-7-18(8-10-19)21(2,3)4/h7-10,17H,5-6,11-16H2,1-4H3,(H,22,24). The molecule has 1 amide bonds. The lowest BCUT2D eigenvalue weighted by Crippen LogP contribution is -2.43. The quantitative estimate of drug-likeness (QED) is 0.669. The molecule has 1 fully saturated rings. The number of amides is 1. The van der Waals surface area contributed by atoms with E-state index in [4.69, 9.17) is 4.74 Å². The van der Waals surface area contributed by atoms with E-state index in [0.29, 0.717) is 50.6 Å². The van der Waals surface area contributed by atoms with E-state index in [1.807, 2.05) is 19.1 Å². The second kappa shape index (κ2) is 9.85. The molecule has 2 rings (SSSR count). The molecule has 1 N–H and O–H groups in total. The Morgan fingerprint density at radius 3 is 2.32 bits per heavy atom. The Bertz CT molecular complexity index is 731. The van der Waals surface area contributed by atoms with Gasteiger partial charge in [-0.1, -0.05) is 32.9 Å². The van der Waals surface area contributed by atoms with Crippen LogP contribution in [0.3, 0.4) is 0 Å². The highest BCUT2D eigenvalue weighted by Gasteiger charge is 2.32. The summed E-state index contributed by atoms with van der Waals surface area (Å²) in [6.07, 6.45) is 1.89. The summed E-state index contributed by atoms with van der Waals surface area (Å²) in [5.41, 5.74) is 1.09. The number of piperidine rings is 1. The van der Waals surface area contributed by atoms with Crippen LogP contribution in [-0.2, 0) is 25.0 Å². The normalized spacial score (nSPS) is 16.9. The van der Waals surface area contributed by atoms with E-state index in [9.17, 15) is 13.2 Å². The number of rotatable bonds is 8. The van der Waals surface area contributed by atoms with Gasteiger partial charge in [0.1, 0.15) is 0 Å². The van der Waals surface area contributed by atoms with Gasteiger partial charge < -0.3 is 10.1 Å². The molecule has 7 heteroatoms. The van der Waals surface area contributed by atoms with Crippen LogP contribution < -0.4 is 5.32 Å². The van der Waals surface area contributed by atoms with Gasteiger partial charge in [-0.05, 0) is 49.3 Å². The molecule has 0 spiro atoms. The average Bonchev–Trinajstić information content (AvgIpc) is 2.67. The summed E-state index contributed by atoms with van der Waals surface area (Å²) in [5, 5.41) is 2.93. The number of hydrogen-bond donors (Lipinski definition) is 1. The van der Waals surface area contributed by atoms with Crippen molar-refractivity contribution in [1.29, 1.82) is 0 Å². The number of ether oxygens (including phenoxy) is 1. The van der Waals surface area contributed by atoms with Crippen LogP contribution in [0.2, 0.25) is 0 Å². The summed E-state index contributed by atoms with van der Waals surface area (Å²) in [6.45, 7) is 10.9. The van der Waals surface area contributed by atoms with E-state index in [1.165, 1.54) is 4.31 Å². The first kappa shape index (κ1) is 22.8. The van der Waals surface area contributed by atoms with E-state index >= 15 is 0 Å². The molecule has 1 aliphatic heterocycles. The van der Waals surface area contributed by atoms with Crippen molar-refractivity contribution >= 4 is 15.9 Å². The summed E-state index contributed by atoms with van der Waals surface area (Å²) in [7, 11) is -3.52. The molecule has 0 saturated carbocycles. The molecule has 0 atom stereocenters. The van der Waals surface area contributed by atoms with Crippen LogP contribution in [0.4, 0.5) is 0 Å². The second-order valence-electron chi connectivity index (χ2n) is 8.29. The third kappa shape index (κ3) is 6.03. The monoisotopic (exact) mass is 410 g/mol. The zero-order valence-electron chi connectivity index (χ0n) is 17.5. The first-order chi connectivity index (χ1) is 13.2. The Hall–Kier alpha value is -1.44. The van der Waals surface area contributed by atoms with E-state index in [1.54, 1.807) is 12.1 Å². The van der Waals surface area contributed by atoms with Crippen molar-refractivity contribution in [3.63, 3.8) is 0 Å². The zero-order valence-corrected chi connectivity index (χ0v) is 18.3. The maximum Gasteiger partial charge on any atom is 0.243 e. The first-order valence-corrected chi connectivity index (χ1v) is 11.6. The Morgan fingerprint density at radius 2 is 1.79 bits per heavy atom. The lowest BCUT2D eigenvalue weighted by atomic mass is 9.87. The van der Waals surface area contributed by atoms with Gasteiger partial charge in [-0.25, -0.2) is 8.42 Å². The largest absolute Gasteiger partial charge is 0.382 e. The fourth-order valence-corrected chi connectivity index (χ4v) is 4.78. The number of carbonyl (C=O) groups excluding carboxylic acids is 1. The molecule has 1 saturated heterocycles. The third-order valence-electron chi connectivity index (χ3n) is 5.15. The van der Waals surface area contributed by atoms with Crippen molar-refractivity contribution in [2.45, 2.75) is 57.3 Å². The minimum Gasteiger partial charge on any atom is -0.382 e. The highest BCUT2D eigenvalue weighted by Crippen LogP contribution is 2.27. The minimum atomic E-state index is -3.52. The zero-order chi connectivity index (χ0) is 20.8. The topological polar surface area (TPSA) is 75.7 Å². The molecule has 0 unspecified atom stereocenters. The Morgan fingerprint density at radius 1 is 1.18 bits per heavy atom. The predicted molar refractivity (Wildman–Crippen MR) is 111 cm³/mol. The Balaban J connectivity index is 1.88. The van der Waals surface area contributed by atoms with Crippen LogP contribution in [0.5, 0.6) is 0 Å². The summed E-state index contributed by atoms with van der Waals surface area (Å²) >= 11 is 0. The van der Waals surface area contributed by atoms with Crippen LogP contribution in [0.1, 0.15) is 52.5 Å². The van der Waals surface area contributed by atoms with Gasteiger partial charge in [0.2, 0.25) is 15.9 Å². The molecular formula is C21H34N2O4S. The van der Waals surface area contributed by atoms with Gasteiger partial charge in [0.05, 0.1) is 4.90 Å². The van der Waals surface area contributed by atoms with E-state index in [2.05, 4.69) is 26.1 Å². The molecule has 158 valence electrons. The summed E-state index contributed by atoms with van der Waals surface area (Å²) < 4.78 is 32.6. The molecular weight excluding hydrogens is 376 g/mol. The lowest BCUT2D eigenvalue weighted by Gasteiger charge is -2.30. The number of benzene rings is 1. The molecule has 0 bridgehead atoms. The second-order valence-corrected chi connectivity index (χ2v) is 10.2. The number of sulfonamides is 1. The SMILES string of the molecule is CCOCCCNC(=O)C1CCN(S(=O)(=O)c2ccc(C(C)(C)C)cc2)CC1. The number of nitrogens with one attached hydrogen (secondary N) is 1. The van der Waals surface area contributed by atoms with Gasteiger partial charge in [0, 0.05) is 38.8 Å². The van der Waals surface area contributed by atoms with Gasteiger partial charge in [0.25, 0.3) is 0 Å². The molecule has 0 aromatic heterocycles. The molecule has 1 aromatic rings. The van der Waals surface area contributed by atoms with E-state index < -0.39 is 10.0 Å². The van der Waals surface area contributed by atoms with Crippen molar-refractivity contribution < 1.29 is 17.9 Å². The molecule has 28 heavy (non-hydrogen) atoms. The van der Waals surface area contributed by atoms with Gasteiger partial charge >= 0.3 is 0 Å². The van der Waals surface area contributed by atoms with Crippen LogP contribution in [0, 0.1) is 5.92 Å². The molecule has 0 radical (unpaired) electrons. The molecule has 1 aromatic carbocycles. The van der Waals surface area contributed by atoms with Crippen molar-refractivity contribution in [2.24, 2.45) is 5.92 Å². The van der Waals surface area contributed by atoms with E-state index in [-0.39, 0.29) is 17.2 Å². The summed E-state index contributed by atoms with van der Waals surface area (Å²) in [4.78, 5) is 12.6. The Labute approximate surface area is 169 Å². The molecule has 1 aliphatic rings. The van der Waals surface area contributed by atoms with Crippen LogP contribution in [0.25, 0.3) is 0 Å². The number of carbonyl (C=O) groups is 1. The van der Waals surface area contributed by atoms with Gasteiger partial charge in [0.15, 0.2) is 0 Å². The fraction of sp³-hybridized carbons (Fsp3) is 0.667. The van der Waals surface area contributed by atoms with Gasteiger partial charge in [-0.3, -0.25) is 4.79 Å². The van der Waals surface area contributed by atoms with Crippen molar-refractivity contribution in [1.82, 2.24) is 9.62 Å². The maximum absolute atomic E-state index is 12.9. The molecule has 0 aliphatic carbocycles. The summed E-state index contributed by atoms with van der Waals surface area (Å²) in [6, 6.07) is 7.14. The van der Waals surface area contributed by atoms with Crippen LogP contribution in [-0.4, -0.2) is 51.5 Å². The van der Waals surface area contributed by atoms with Gasteiger partial charge in [-0.2, -0.15) is 4.31 Å². The average molecular weight is 411 g/mol. The summed E-state index contributed by atoms with van der Waals surface area (Å²) in [5.74, 6) is -0.107. The van der Waals surface area contributed by atoms with Crippen molar-refractivity contribution in [3.05, 3.63) is 29.8 Å².